The fraction of sp³-hybridized carbons (Fsp3) is 0.118. The first-order valence-electron chi connectivity index (χ1n) is 7.55. The van der Waals surface area contributed by atoms with Crippen molar-refractivity contribution >= 4 is 35.1 Å². The predicted molar refractivity (Wildman–Crippen MR) is 95.2 cm³/mol. The summed E-state index contributed by atoms with van der Waals surface area (Å²) in [7, 11) is 0. The highest BCUT2D eigenvalue weighted by atomic mass is 32.2. The van der Waals surface area contributed by atoms with Gasteiger partial charge in [0, 0.05) is 11.0 Å². The van der Waals surface area contributed by atoms with Gasteiger partial charge in [0.15, 0.2) is 11.5 Å². The number of benzene rings is 2. The summed E-state index contributed by atoms with van der Waals surface area (Å²) in [4.78, 5) is 22.9. The Morgan fingerprint density at radius 2 is 1.96 bits per heavy atom. The number of thioether (sulfide) groups is 1. The van der Waals surface area contributed by atoms with Gasteiger partial charge in [-0.1, -0.05) is 23.9 Å². The highest BCUT2D eigenvalue weighted by Crippen LogP contribution is 2.38. The number of anilines is 1. The number of hydrogen-bond donors (Lipinski definition) is 1. The van der Waals surface area contributed by atoms with Gasteiger partial charge in [0.2, 0.25) is 12.7 Å². The Labute approximate surface area is 156 Å². The number of carbonyl (C=O) groups is 1. The molecule has 1 N–H and O–H groups in total. The second-order valence-corrected chi connectivity index (χ2v) is 6.25. The number of nitrogens with one attached hydrogen (secondary N) is 1. The third kappa shape index (κ3) is 4.53. The number of ether oxygens (including phenoxy) is 2. The van der Waals surface area contributed by atoms with E-state index in [1.165, 1.54) is 30.3 Å². The molecule has 2 aromatic rings. The highest BCUT2D eigenvalue weighted by molar-refractivity contribution is 7.99. The Morgan fingerprint density at radius 1 is 1.26 bits per heavy atom. The zero-order valence-electron chi connectivity index (χ0n) is 13.6. The number of rotatable bonds is 6. The molecule has 0 saturated carbocycles. The van der Waals surface area contributed by atoms with E-state index >= 15 is 0 Å². The lowest BCUT2D eigenvalue weighted by molar-refractivity contribution is -0.385. The van der Waals surface area contributed by atoms with Crippen molar-refractivity contribution in [1.82, 2.24) is 0 Å². The van der Waals surface area contributed by atoms with E-state index in [0.717, 1.165) is 6.08 Å². The number of para-hydroxylation sites is 1. The fourth-order valence-electron chi connectivity index (χ4n) is 2.35. The van der Waals surface area contributed by atoms with Gasteiger partial charge in [-0.15, -0.1) is 0 Å². The van der Waals surface area contributed by atoms with Crippen LogP contribution in [-0.4, -0.2) is 23.4 Å². The number of fused-ring (bicyclic) bond motifs is 1. The third-order valence-electron chi connectivity index (χ3n) is 3.49. The maximum atomic E-state index is 12.6. The van der Waals surface area contributed by atoms with Gasteiger partial charge in [-0.2, -0.15) is 8.78 Å². The third-order valence-corrected chi connectivity index (χ3v) is 4.28. The summed E-state index contributed by atoms with van der Waals surface area (Å²) < 4.78 is 35.4. The topological polar surface area (TPSA) is 90.7 Å². The van der Waals surface area contributed by atoms with Crippen molar-refractivity contribution in [2.75, 3.05) is 12.1 Å². The molecule has 0 atom stereocenters. The van der Waals surface area contributed by atoms with Crippen molar-refractivity contribution in [1.29, 1.82) is 0 Å². The molecule has 10 heteroatoms. The Morgan fingerprint density at radius 3 is 2.67 bits per heavy atom. The van der Waals surface area contributed by atoms with E-state index in [1.807, 2.05) is 0 Å². The van der Waals surface area contributed by atoms with Crippen LogP contribution in [0.2, 0.25) is 0 Å². The van der Waals surface area contributed by atoms with Gasteiger partial charge in [-0.25, -0.2) is 0 Å². The summed E-state index contributed by atoms with van der Waals surface area (Å²) in [6.45, 7) is -0.0429. The highest BCUT2D eigenvalue weighted by Gasteiger charge is 2.22. The maximum Gasteiger partial charge on any atom is 0.288 e. The molecule has 1 aliphatic heterocycles. The van der Waals surface area contributed by atoms with Crippen LogP contribution in [0.5, 0.6) is 11.5 Å². The Hall–Kier alpha value is -3.14. The lowest BCUT2D eigenvalue weighted by Gasteiger charge is -2.08. The average molecular weight is 394 g/mol. The molecular formula is C17H12F2N2O5S. The molecule has 1 aliphatic rings. The lowest BCUT2D eigenvalue weighted by atomic mass is 10.1. The van der Waals surface area contributed by atoms with Crippen molar-refractivity contribution in [3.05, 3.63) is 58.2 Å². The molecule has 0 bridgehead atoms. The van der Waals surface area contributed by atoms with Crippen molar-refractivity contribution in [2.45, 2.75) is 10.7 Å². The van der Waals surface area contributed by atoms with Gasteiger partial charge in [-0.3, -0.25) is 14.9 Å². The molecule has 0 fully saturated rings. The summed E-state index contributed by atoms with van der Waals surface area (Å²) in [6, 6.07) is 8.72. The summed E-state index contributed by atoms with van der Waals surface area (Å²) in [6.07, 6.45) is 2.33. The van der Waals surface area contributed by atoms with Gasteiger partial charge in [0.25, 0.3) is 11.4 Å². The molecule has 0 radical (unpaired) electrons. The molecule has 7 nitrogen and oxygen atoms in total. The Kier molecular flexibility index (Phi) is 5.55. The number of amides is 1. The fourth-order valence-corrected chi connectivity index (χ4v) is 2.94. The molecule has 1 heterocycles. The lowest BCUT2D eigenvalue weighted by Crippen LogP contribution is -2.08. The van der Waals surface area contributed by atoms with Crippen LogP contribution in [0.1, 0.15) is 5.56 Å². The maximum absolute atomic E-state index is 12.6. The standard InChI is InChI=1S/C17H12F2N2O5S/c18-17(19)27-15-4-2-1-3-11(15)20-16(22)6-5-10-7-13-14(26-9-25-13)8-12(10)21(23)24/h1-8,17H,9H2,(H,20,22)/b6-5+. The summed E-state index contributed by atoms with van der Waals surface area (Å²) >= 11 is 0.309. The van der Waals surface area contributed by atoms with Crippen LogP contribution in [-0.2, 0) is 4.79 Å². The molecule has 2 aromatic carbocycles. The smallest absolute Gasteiger partial charge is 0.288 e. The van der Waals surface area contributed by atoms with Gasteiger partial charge in [-0.05, 0) is 24.3 Å². The molecule has 0 unspecified atom stereocenters. The van der Waals surface area contributed by atoms with Crippen LogP contribution in [0.3, 0.4) is 0 Å². The minimum absolute atomic E-state index is 0.0429. The average Bonchev–Trinajstić information content (AvgIpc) is 3.07. The number of alkyl halides is 2. The van der Waals surface area contributed by atoms with E-state index in [1.54, 1.807) is 12.1 Å². The van der Waals surface area contributed by atoms with Gasteiger partial charge < -0.3 is 14.8 Å². The number of carbonyl (C=O) groups excluding carboxylic acids is 1. The van der Waals surface area contributed by atoms with Crippen molar-refractivity contribution in [2.24, 2.45) is 0 Å². The van der Waals surface area contributed by atoms with Gasteiger partial charge in [0.1, 0.15) is 0 Å². The monoisotopic (exact) mass is 394 g/mol. The van der Waals surface area contributed by atoms with Gasteiger partial charge in [0.05, 0.1) is 22.2 Å². The minimum atomic E-state index is -2.63. The Bertz CT molecular complexity index is 920. The van der Waals surface area contributed by atoms with Crippen LogP contribution in [0, 0.1) is 10.1 Å². The second-order valence-electron chi connectivity index (χ2n) is 5.22. The molecular weight excluding hydrogens is 382 g/mol. The molecule has 140 valence electrons. The Balaban J connectivity index is 1.79. The predicted octanol–water partition coefficient (Wildman–Crippen LogP) is 4.29. The first kappa shape index (κ1) is 18.6. The normalized spacial score (nSPS) is 12.6. The second kappa shape index (κ2) is 8.04. The van der Waals surface area contributed by atoms with E-state index in [2.05, 4.69) is 5.32 Å². The van der Waals surface area contributed by atoms with Crippen LogP contribution in [0.4, 0.5) is 20.2 Å². The largest absolute Gasteiger partial charge is 0.454 e. The number of nitrogens with zero attached hydrogens (tertiary/aromatic N) is 1. The summed E-state index contributed by atoms with van der Waals surface area (Å²) in [5.74, 6) is -2.67. The van der Waals surface area contributed by atoms with E-state index < -0.39 is 16.6 Å². The van der Waals surface area contributed by atoms with Crippen LogP contribution < -0.4 is 14.8 Å². The minimum Gasteiger partial charge on any atom is -0.454 e. The van der Waals surface area contributed by atoms with Crippen LogP contribution >= 0.6 is 11.8 Å². The molecule has 0 spiro atoms. The van der Waals surface area contributed by atoms with Crippen LogP contribution in [0.25, 0.3) is 6.08 Å². The number of nitro groups is 1. The molecule has 0 aliphatic carbocycles. The molecule has 3 rings (SSSR count). The van der Waals surface area contributed by atoms with E-state index in [0.29, 0.717) is 17.5 Å². The SMILES string of the molecule is O=C(/C=C/c1cc2c(cc1[N+](=O)[O-])OCO2)Nc1ccccc1SC(F)F. The number of nitro benzene ring substituents is 1. The van der Waals surface area contributed by atoms with E-state index in [9.17, 15) is 23.7 Å². The van der Waals surface area contributed by atoms with E-state index in [4.69, 9.17) is 9.47 Å². The molecule has 27 heavy (non-hydrogen) atoms. The van der Waals surface area contributed by atoms with Crippen molar-refractivity contribution < 1.29 is 28.0 Å². The van der Waals surface area contributed by atoms with Crippen molar-refractivity contribution in [3.8, 4) is 11.5 Å². The quantitative estimate of drug-likeness (QED) is 0.340. The van der Waals surface area contributed by atoms with Gasteiger partial charge >= 0.3 is 0 Å². The van der Waals surface area contributed by atoms with Crippen molar-refractivity contribution in [3.63, 3.8) is 0 Å². The first-order valence-corrected chi connectivity index (χ1v) is 8.43. The summed E-state index contributed by atoms with van der Waals surface area (Å²) in [5.41, 5.74) is 0.115. The summed E-state index contributed by atoms with van der Waals surface area (Å²) in [5, 5.41) is 13.7. The molecule has 0 aromatic heterocycles. The van der Waals surface area contributed by atoms with E-state index in [-0.39, 0.29) is 34.4 Å². The number of hydrogen-bond acceptors (Lipinski definition) is 6. The molecule has 0 saturated heterocycles. The zero-order valence-corrected chi connectivity index (χ0v) is 14.4. The number of halogens is 2. The zero-order chi connectivity index (χ0) is 19.4. The first-order chi connectivity index (χ1) is 12.9. The molecule has 1 amide bonds. The van der Waals surface area contributed by atoms with Crippen LogP contribution in [0.15, 0.2) is 47.4 Å².